The fraction of sp³-hybridized carbons (Fsp3) is 0. The summed E-state index contributed by atoms with van der Waals surface area (Å²) in [6.45, 7) is 3.55. The van der Waals surface area contributed by atoms with E-state index in [0.717, 1.165) is 0 Å². The molecule has 1 aliphatic rings. The van der Waals surface area contributed by atoms with Crippen molar-refractivity contribution in [2.24, 2.45) is 4.99 Å². The van der Waals surface area contributed by atoms with Gasteiger partial charge in [-0.15, -0.1) is 0 Å². The summed E-state index contributed by atoms with van der Waals surface area (Å²) in [6.07, 6.45) is 5.29. The van der Waals surface area contributed by atoms with Crippen LogP contribution in [0.5, 0.6) is 0 Å². The van der Waals surface area contributed by atoms with Crippen molar-refractivity contribution in [2.75, 3.05) is 0 Å². The lowest BCUT2D eigenvalue weighted by molar-refractivity contribution is 1.03. The molecule has 0 saturated heterocycles. The van der Waals surface area contributed by atoms with E-state index in [4.69, 9.17) is 0 Å². The molecule has 0 saturated carbocycles. The number of aliphatic imine (C=N–C) groups is 1. The van der Waals surface area contributed by atoms with Gasteiger partial charge < -0.3 is 5.32 Å². The maximum Gasteiger partial charge on any atom is 0.122 e. The van der Waals surface area contributed by atoms with Crippen LogP contribution in [0.2, 0.25) is 0 Å². The van der Waals surface area contributed by atoms with Crippen molar-refractivity contribution in [2.45, 2.75) is 0 Å². The first kappa shape index (κ1) is 4.12. The molecule has 0 unspecified atom stereocenters. The lowest BCUT2D eigenvalue weighted by atomic mass is 10.6. The highest BCUT2D eigenvalue weighted by molar-refractivity contribution is 5.73. The molecule has 0 bridgehead atoms. The van der Waals surface area contributed by atoms with Crippen LogP contribution in [0.4, 0.5) is 0 Å². The van der Waals surface area contributed by atoms with Gasteiger partial charge in [-0.05, 0) is 6.08 Å². The van der Waals surface area contributed by atoms with E-state index in [-0.39, 0.29) is 0 Å². The Hall–Kier alpha value is -1.05. The summed E-state index contributed by atoms with van der Waals surface area (Å²) in [6, 6.07) is 0. The first-order valence-electron chi connectivity index (χ1n) is 2.04. The molecule has 7 heavy (non-hydrogen) atoms. The Kier molecular flexibility index (Phi) is 0.941. The van der Waals surface area contributed by atoms with Crippen LogP contribution < -0.4 is 5.32 Å². The Morgan fingerprint density at radius 2 is 2.57 bits per heavy atom. The lowest BCUT2D eigenvalue weighted by Gasteiger charge is -1.98. The molecule has 1 aliphatic heterocycles. The standard InChI is InChI=1S/C5H6N2/c1-5-6-3-2-4-7-5/h2-4,6H,1H2. The number of nitrogens with zero attached hydrogens (tertiary/aromatic N) is 1. The summed E-state index contributed by atoms with van der Waals surface area (Å²) in [4.78, 5) is 3.81. The largest absolute Gasteiger partial charge is 0.347 e. The summed E-state index contributed by atoms with van der Waals surface area (Å²) in [5, 5.41) is 2.81. The van der Waals surface area contributed by atoms with Gasteiger partial charge in [0.25, 0.3) is 0 Å². The molecule has 36 valence electrons. The summed E-state index contributed by atoms with van der Waals surface area (Å²) in [7, 11) is 0. The smallest absolute Gasteiger partial charge is 0.122 e. The fourth-order valence-corrected chi connectivity index (χ4v) is 0.358. The molecular formula is C5H6N2. The number of hydrogen-bond donors (Lipinski definition) is 1. The van der Waals surface area contributed by atoms with Gasteiger partial charge in [-0.3, -0.25) is 0 Å². The van der Waals surface area contributed by atoms with Crippen molar-refractivity contribution < 1.29 is 0 Å². The van der Waals surface area contributed by atoms with Crippen molar-refractivity contribution in [3.63, 3.8) is 0 Å². The van der Waals surface area contributed by atoms with E-state index in [1.54, 1.807) is 12.4 Å². The molecule has 0 aliphatic carbocycles. The highest BCUT2D eigenvalue weighted by Crippen LogP contribution is 1.87. The van der Waals surface area contributed by atoms with E-state index in [2.05, 4.69) is 16.9 Å². The Balaban J connectivity index is 2.66. The molecule has 2 nitrogen and oxygen atoms in total. The zero-order valence-corrected chi connectivity index (χ0v) is 3.89. The highest BCUT2D eigenvalue weighted by Gasteiger charge is 1.83. The van der Waals surface area contributed by atoms with Gasteiger partial charge in [0.15, 0.2) is 0 Å². The second-order valence-corrected chi connectivity index (χ2v) is 1.23. The summed E-state index contributed by atoms with van der Waals surface area (Å²) >= 11 is 0. The molecule has 0 aromatic carbocycles. The number of nitrogens with one attached hydrogen (secondary N) is 1. The average Bonchev–Trinajstić information content (AvgIpc) is 1.69. The van der Waals surface area contributed by atoms with Gasteiger partial charge in [-0.25, -0.2) is 4.99 Å². The molecule has 0 radical (unpaired) electrons. The van der Waals surface area contributed by atoms with Crippen LogP contribution >= 0.6 is 0 Å². The molecule has 0 fully saturated rings. The minimum absolute atomic E-state index is 0.697. The molecule has 0 aromatic rings. The summed E-state index contributed by atoms with van der Waals surface area (Å²) in [5.74, 6) is 0.697. The van der Waals surface area contributed by atoms with Crippen molar-refractivity contribution in [1.82, 2.24) is 5.32 Å². The SMILES string of the molecule is C=C1N=CC=CN1. The highest BCUT2D eigenvalue weighted by atomic mass is 15.0. The van der Waals surface area contributed by atoms with Crippen molar-refractivity contribution in [1.29, 1.82) is 0 Å². The maximum absolute atomic E-state index is 3.81. The van der Waals surface area contributed by atoms with E-state index in [9.17, 15) is 0 Å². The van der Waals surface area contributed by atoms with Crippen LogP contribution in [-0.2, 0) is 0 Å². The van der Waals surface area contributed by atoms with Crippen LogP contribution in [0.25, 0.3) is 0 Å². The Labute approximate surface area is 42.3 Å². The third kappa shape index (κ3) is 0.892. The zero-order chi connectivity index (χ0) is 5.11. The lowest BCUT2D eigenvalue weighted by Crippen LogP contribution is -2.03. The van der Waals surface area contributed by atoms with Crippen LogP contribution in [0.15, 0.2) is 29.7 Å². The van der Waals surface area contributed by atoms with Gasteiger partial charge >= 0.3 is 0 Å². The molecule has 2 heteroatoms. The van der Waals surface area contributed by atoms with E-state index >= 15 is 0 Å². The van der Waals surface area contributed by atoms with Crippen molar-refractivity contribution in [3.05, 3.63) is 24.7 Å². The molecule has 0 spiro atoms. The maximum atomic E-state index is 3.81. The molecule has 0 aromatic heterocycles. The minimum Gasteiger partial charge on any atom is -0.347 e. The van der Waals surface area contributed by atoms with Gasteiger partial charge in [0.1, 0.15) is 5.82 Å². The first-order valence-corrected chi connectivity index (χ1v) is 2.04. The molecular weight excluding hydrogens is 88.1 g/mol. The summed E-state index contributed by atoms with van der Waals surface area (Å²) in [5.41, 5.74) is 0. The minimum atomic E-state index is 0.697. The third-order valence-corrected chi connectivity index (χ3v) is 0.663. The van der Waals surface area contributed by atoms with Crippen LogP contribution in [0, 0.1) is 0 Å². The predicted molar refractivity (Wildman–Crippen MR) is 29.9 cm³/mol. The normalized spacial score (nSPS) is 16.9. The van der Waals surface area contributed by atoms with Gasteiger partial charge in [0.05, 0.1) is 0 Å². The van der Waals surface area contributed by atoms with E-state index in [0.29, 0.717) is 5.82 Å². The zero-order valence-electron chi connectivity index (χ0n) is 3.89. The van der Waals surface area contributed by atoms with Crippen molar-refractivity contribution in [3.8, 4) is 0 Å². The summed E-state index contributed by atoms with van der Waals surface area (Å²) < 4.78 is 0. The fourth-order valence-electron chi connectivity index (χ4n) is 0.358. The van der Waals surface area contributed by atoms with Gasteiger partial charge in [-0.2, -0.15) is 0 Å². The molecule has 1 heterocycles. The predicted octanol–water partition coefficient (Wildman–Crippen LogP) is 0.645. The number of allylic oxidation sites excluding steroid dienone is 1. The van der Waals surface area contributed by atoms with Crippen molar-refractivity contribution >= 4 is 6.21 Å². The van der Waals surface area contributed by atoms with E-state index < -0.39 is 0 Å². The second-order valence-electron chi connectivity index (χ2n) is 1.23. The number of rotatable bonds is 0. The first-order chi connectivity index (χ1) is 3.39. The van der Waals surface area contributed by atoms with Gasteiger partial charge in [0, 0.05) is 12.4 Å². The third-order valence-electron chi connectivity index (χ3n) is 0.663. The molecule has 1 rings (SSSR count). The van der Waals surface area contributed by atoms with E-state index in [1.807, 2.05) is 6.08 Å². The topological polar surface area (TPSA) is 24.4 Å². The second kappa shape index (κ2) is 1.60. The van der Waals surface area contributed by atoms with Crippen LogP contribution in [-0.4, -0.2) is 6.21 Å². The quantitative estimate of drug-likeness (QED) is 0.468. The Bertz CT molecular complexity index is 133. The average molecular weight is 94.1 g/mol. The van der Waals surface area contributed by atoms with E-state index in [1.165, 1.54) is 0 Å². The molecule has 0 amide bonds. The molecule has 0 atom stereocenters. The molecule has 1 N–H and O–H groups in total. The Morgan fingerprint density at radius 1 is 1.71 bits per heavy atom. The van der Waals surface area contributed by atoms with Gasteiger partial charge in [0.2, 0.25) is 0 Å². The van der Waals surface area contributed by atoms with Crippen LogP contribution in [0.3, 0.4) is 0 Å². The monoisotopic (exact) mass is 94.1 g/mol. The Morgan fingerprint density at radius 3 is 2.86 bits per heavy atom. The number of hydrogen-bond acceptors (Lipinski definition) is 2. The van der Waals surface area contributed by atoms with Gasteiger partial charge in [-0.1, -0.05) is 6.58 Å². The van der Waals surface area contributed by atoms with Crippen LogP contribution in [0.1, 0.15) is 0 Å².